The van der Waals surface area contributed by atoms with Gasteiger partial charge in [-0.2, -0.15) is 12.7 Å². The molecule has 0 heterocycles. The fourth-order valence-electron chi connectivity index (χ4n) is 2.42. The van der Waals surface area contributed by atoms with Gasteiger partial charge in [0.1, 0.15) is 12.3 Å². The minimum Gasteiger partial charge on any atom is -0.497 e. The lowest BCUT2D eigenvalue weighted by molar-refractivity contribution is -0.119. The maximum atomic E-state index is 12.6. The van der Waals surface area contributed by atoms with Crippen LogP contribution in [0.3, 0.4) is 0 Å². The van der Waals surface area contributed by atoms with Crippen LogP contribution in [-0.2, 0) is 21.4 Å². The Morgan fingerprint density at radius 2 is 1.67 bits per heavy atom. The van der Waals surface area contributed by atoms with Crippen molar-refractivity contribution in [1.29, 1.82) is 0 Å². The highest BCUT2D eigenvalue weighted by molar-refractivity contribution is 7.90. The molecule has 0 bridgehead atoms. The standard InChI is InChI=1S/C19H25N3O4S/c1-21(2)27(24,25)22(17-7-5-4-6-8-17)15-19(23)20-14-13-16-9-11-18(26-3)12-10-16/h4-12H,13-15H2,1-3H3,(H,20,23). The van der Waals surface area contributed by atoms with Crippen LogP contribution >= 0.6 is 0 Å². The second-order valence-corrected chi connectivity index (χ2v) is 8.15. The molecule has 0 fully saturated rings. The van der Waals surface area contributed by atoms with Gasteiger partial charge in [-0.15, -0.1) is 0 Å². The third kappa shape index (κ3) is 5.70. The molecule has 1 amide bonds. The van der Waals surface area contributed by atoms with Crippen LogP contribution in [0.15, 0.2) is 54.6 Å². The molecule has 7 nitrogen and oxygen atoms in total. The number of nitrogens with zero attached hydrogens (tertiary/aromatic N) is 2. The van der Waals surface area contributed by atoms with Crippen molar-refractivity contribution in [3.63, 3.8) is 0 Å². The summed E-state index contributed by atoms with van der Waals surface area (Å²) in [6, 6.07) is 16.1. The topological polar surface area (TPSA) is 79.0 Å². The summed E-state index contributed by atoms with van der Waals surface area (Å²) in [7, 11) is 0.701. The zero-order valence-corrected chi connectivity index (χ0v) is 16.6. The molecular formula is C19H25N3O4S. The number of hydrogen-bond donors (Lipinski definition) is 1. The van der Waals surface area contributed by atoms with Crippen molar-refractivity contribution < 1.29 is 17.9 Å². The molecule has 1 N–H and O–H groups in total. The smallest absolute Gasteiger partial charge is 0.304 e. The van der Waals surface area contributed by atoms with E-state index in [0.29, 0.717) is 18.7 Å². The summed E-state index contributed by atoms with van der Waals surface area (Å²) in [4.78, 5) is 12.3. The second-order valence-electron chi connectivity index (χ2n) is 6.08. The number of ether oxygens (including phenoxy) is 1. The number of methoxy groups -OCH3 is 1. The van der Waals surface area contributed by atoms with Gasteiger partial charge >= 0.3 is 10.2 Å². The Morgan fingerprint density at radius 1 is 1.04 bits per heavy atom. The average Bonchev–Trinajstić information content (AvgIpc) is 2.67. The molecule has 146 valence electrons. The second kappa shape index (κ2) is 9.38. The Morgan fingerprint density at radius 3 is 2.22 bits per heavy atom. The first-order chi connectivity index (χ1) is 12.8. The highest BCUT2D eigenvalue weighted by Crippen LogP contribution is 2.18. The largest absolute Gasteiger partial charge is 0.497 e. The average molecular weight is 391 g/mol. The number of carbonyl (C=O) groups excluding carboxylic acids is 1. The maximum Gasteiger partial charge on any atom is 0.304 e. The van der Waals surface area contributed by atoms with Gasteiger partial charge in [-0.25, -0.2) is 4.31 Å². The van der Waals surface area contributed by atoms with Crippen LogP contribution in [0.5, 0.6) is 5.75 Å². The van der Waals surface area contributed by atoms with E-state index >= 15 is 0 Å². The molecule has 0 unspecified atom stereocenters. The van der Waals surface area contributed by atoms with Crippen LogP contribution in [0.2, 0.25) is 0 Å². The van der Waals surface area contributed by atoms with E-state index in [1.54, 1.807) is 37.4 Å². The van der Waals surface area contributed by atoms with Gasteiger partial charge in [0.15, 0.2) is 0 Å². The molecule has 27 heavy (non-hydrogen) atoms. The fraction of sp³-hybridized carbons (Fsp3) is 0.316. The first-order valence-corrected chi connectivity index (χ1v) is 9.89. The summed E-state index contributed by atoms with van der Waals surface area (Å²) in [5.41, 5.74) is 1.49. The molecule has 2 rings (SSSR count). The minimum absolute atomic E-state index is 0.285. The summed E-state index contributed by atoms with van der Waals surface area (Å²) >= 11 is 0. The van der Waals surface area contributed by atoms with Gasteiger partial charge < -0.3 is 10.1 Å². The highest BCUT2D eigenvalue weighted by atomic mass is 32.2. The fourth-order valence-corrected chi connectivity index (χ4v) is 3.49. The number of amides is 1. The lowest BCUT2D eigenvalue weighted by Gasteiger charge is -2.26. The quantitative estimate of drug-likeness (QED) is 0.705. The zero-order chi connectivity index (χ0) is 19.9. The Kier molecular flexibility index (Phi) is 7.20. The molecule has 8 heteroatoms. The molecule has 2 aromatic rings. The van der Waals surface area contributed by atoms with Gasteiger partial charge in [0, 0.05) is 20.6 Å². The highest BCUT2D eigenvalue weighted by Gasteiger charge is 2.26. The Bertz CT molecular complexity index is 837. The van der Waals surface area contributed by atoms with Crippen LogP contribution in [-0.4, -0.2) is 52.9 Å². The number of hydrogen-bond acceptors (Lipinski definition) is 4. The molecule has 0 aromatic heterocycles. The molecular weight excluding hydrogens is 366 g/mol. The van der Waals surface area contributed by atoms with Crippen molar-refractivity contribution >= 4 is 21.8 Å². The van der Waals surface area contributed by atoms with Crippen LogP contribution in [0.4, 0.5) is 5.69 Å². The Hall–Kier alpha value is -2.58. The van der Waals surface area contributed by atoms with E-state index in [-0.39, 0.29) is 12.5 Å². The summed E-state index contributed by atoms with van der Waals surface area (Å²) in [6.45, 7) is 0.128. The third-order valence-electron chi connectivity index (χ3n) is 3.97. The Labute approximate surface area is 160 Å². The normalized spacial score (nSPS) is 11.3. The third-order valence-corrected chi connectivity index (χ3v) is 5.79. The van der Waals surface area contributed by atoms with Crippen molar-refractivity contribution in [2.24, 2.45) is 0 Å². The summed E-state index contributed by atoms with van der Waals surface area (Å²) in [6.07, 6.45) is 0.640. The lowest BCUT2D eigenvalue weighted by atomic mass is 10.1. The SMILES string of the molecule is COc1ccc(CCNC(=O)CN(c2ccccc2)S(=O)(=O)N(C)C)cc1. The molecule has 0 aliphatic rings. The van der Waals surface area contributed by atoms with E-state index in [0.717, 1.165) is 19.9 Å². The van der Waals surface area contributed by atoms with Gasteiger partial charge in [-0.1, -0.05) is 30.3 Å². The first kappa shape index (κ1) is 20.7. The van der Waals surface area contributed by atoms with Crippen LogP contribution < -0.4 is 14.4 Å². The van der Waals surface area contributed by atoms with Crippen molar-refractivity contribution in [1.82, 2.24) is 9.62 Å². The van der Waals surface area contributed by atoms with E-state index in [4.69, 9.17) is 4.74 Å². The van der Waals surface area contributed by atoms with Crippen molar-refractivity contribution in [2.45, 2.75) is 6.42 Å². The summed E-state index contributed by atoms with van der Waals surface area (Å²) in [5, 5.41) is 2.78. The van der Waals surface area contributed by atoms with E-state index in [1.165, 1.54) is 14.1 Å². The monoisotopic (exact) mass is 391 g/mol. The number of rotatable bonds is 9. The first-order valence-electron chi connectivity index (χ1n) is 8.49. The number of benzene rings is 2. The van der Waals surface area contributed by atoms with Gasteiger partial charge in [0.2, 0.25) is 5.91 Å². The minimum atomic E-state index is -3.78. The number of para-hydroxylation sites is 1. The van der Waals surface area contributed by atoms with Crippen molar-refractivity contribution in [3.05, 3.63) is 60.2 Å². The predicted octanol–water partition coefficient (Wildman–Crippen LogP) is 1.67. The molecule has 0 aliphatic carbocycles. The zero-order valence-electron chi connectivity index (χ0n) is 15.8. The van der Waals surface area contributed by atoms with Crippen LogP contribution in [0.1, 0.15) is 5.56 Å². The van der Waals surface area contributed by atoms with Gasteiger partial charge in [0.25, 0.3) is 0 Å². The summed E-state index contributed by atoms with van der Waals surface area (Å²) in [5.74, 6) is 0.410. The Balaban J connectivity index is 1.99. The molecule has 0 spiro atoms. The number of nitrogens with one attached hydrogen (secondary N) is 1. The van der Waals surface area contributed by atoms with E-state index in [2.05, 4.69) is 5.32 Å². The van der Waals surface area contributed by atoms with Gasteiger partial charge in [-0.3, -0.25) is 4.79 Å². The predicted molar refractivity (Wildman–Crippen MR) is 106 cm³/mol. The molecule has 2 aromatic carbocycles. The molecule has 0 saturated heterocycles. The van der Waals surface area contributed by atoms with Gasteiger partial charge in [0.05, 0.1) is 12.8 Å². The van der Waals surface area contributed by atoms with E-state index < -0.39 is 10.2 Å². The van der Waals surface area contributed by atoms with E-state index in [9.17, 15) is 13.2 Å². The molecule has 0 radical (unpaired) electrons. The molecule has 0 aliphatic heterocycles. The van der Waals surface area contributed by atoms with Crippen LogP contribution in [0, 0.1) is 0 Å². The lowest BCUT2D eigenvalue weighted by Crippen LogP contribution is -2.46. The number of anilines is 1. The molecule has 0 atom stereocenters. The van der Waals surface area contributed by atoms with Gasteiger partial charge in [-0.05, 0) is 36.2 Å². The maximum absolute atomic E-state index is 12.6. The summed E-state index contributed by atoms with van der Waals surface area (Å²) < 4.78 is 32.5. The number of carbonyl (C=O) groups is 1. The van der Waals surface area contributed by atoms with E-state index in [1.807, 2.05) is 24.3 Å². The van der Waals surface area contributed by atoms with Crippen LogP contribution in [0.25, 0.3) is 0 Å². The van der Waals surface area contributed by atoms with Crippen molar-refractivity contribution in [2.75, 3.05) is 38.6 Å². The van der Waals surface area contributed by atoms with Crippen molar-refractivity contribution in [3.8, 4) is 5.75 Å². The molecule has 0 saturated carbocycles.